The van der Waals surface area contributed by atoms with Gasteiger partial charge in [0.15, 0.2) is 16.6 Å². The molecule has 36 heavy (non-hydrogen) atoms. The summed E-state index contributed by atoms with van der Waals surface area (Å²) in [4.78, 5) is 38.2. The molecule has 0 spiro atoms. The van der Waals surface area contributed by atoms with Crippen molar-refractivity contribution in [3.05, 3.63) is 94.8 Å². The molecule has 4 rings (SSSR count). The van der Waals surface area contributed by atoms with E-state index in [-0.39, 0.29) is 34.4 Å². The van der Waals surface area contributed by atoms with E-state index < -0.39 is 17.8 Å². The van der Waals surface area contributed by atoms with Crippen LogP contribution in [0.5, 0.6) is 11.5 Å². The Morgan fingerprint density at radius 2 is 1.83 bits per heavy atom. The number of nitrogens with one attached hydrogen (secondary N) is 1. The zero-order chi connectivity index (χ0) is 25.8. The molecule has 0 unspecified atom stereocenters. The number of nitrogens with zero attached hydrogens (tertiary/aromatic N) is 1. The van der Waals surface area contributed by atoms with Crippen LogP contribution in [0, 0.1) is 5.82 Å². The van der Waals surface area contributed by atoms with Crippen LogP contribution in [0.25, 0.3) is 6.08 Å². The standard InChI is InChI=1S/C26H19FN2O6S/c1-34-22-12-16(7-10-21(22)35-14-15-5-8-18(27)9-6-15)11-20-23(30)28-26(36)29(24(20)31)19-4-2-3-17(13-19)25(32)33/h2-13H,14H2,1H3,(H,32,33)(H,28,30,36). The molecule has 3 aromatic rings. The molecule has 0 radical (unpaired) electrons. The lowest BCUT2D eigenvalue weighted by molar-refractivity contribution is -0.122. The minimum absolute atomic E-state index is 0.0357. The third-order valence-electron chi connectivity index (χ3n) is 5.26. The molecule has 1 aliphatic heterocycles. The first-order valence-corrected chi connectivity index (χ1v) is 11.0. The second-order valence-electron chi connectivity index (χ2n) is 7.64. The van der Waals surface area contributed by atoms with Gasteiger partial charge in [-0.2, -0.15) is 0 Å². The summed E-state index contributed by atoms with van der Waals surface area (Å²) in [7, 11) is 1.45. The summed E-state index contributed by atoms with van der Waals surface area (Å²) in [5.74, 6) is -2.13. The smallest absolute Gasteiger partial charge is 0.335 e. The van der Waals surface area contributed by atoms with Crippen molar-refractivity contribution in [3.8, 4) is 11.5 Å². The normalized spacial score (nSPS) is 14.6. The summed E-state index contributed by atoms with van der Waals surface area (Å²) >= 11 is 5.16. The molecule has 8 nitrogen and oxygen atoms in total. The number of carbonyl (C=O) groups is 3. The number of hydrogen-bond donors (Lipinski definition) is 2. The number of methoxy groups -OCH3 is 1. The maximum atomic E-state index is 13.2. The molecular weight excluding hydrogens is 487 g/mol. The fourth-order valence-corrected chi connectivity index (χ4v) is 3.75. The number of carboxylic acids is 1. The van der Waals surface area contributed by atoms with Crippen LogP contribution in [0.1, 0.15) is 21.5 Å². The van der Waals surface area contributed by atoms with Gasteiger partial charge < -0.3 is 14.6 Å². The van der Waals surface area contributed by atoms with Crippen LogP contribution in [0.15, 0.2) is 72.3 Å². The first kappa shape index (κ1) is 24.6. The molecule has 0 saturated carbocycles. The highest BCUT2D eigenvalue weighted by Gasteiger charge is 2.34. The van der Waals surface area contributed by atoms with E-state index in [0.717, 1.165) is 10.5 Å². The van der Waals surface area contributed by atoms with Gasteiger partial charge in [0.25, 0.3) is 11.8 Å². The third kappa shape index (κ3) is 5.23. The Balaban J connectivity index is 1.60. The summed E-state index contributed by atoms with van der Waals surface area (Å²) in [6.07, 6.45) is 1.37. The van der Waals surface area contributed by atoms with Gasteiger partial charge in [-0.1, -0.05) is 24.3 Å². The molecule has 2 amide bonds. The van der Waals surface area contributed by atoms with Crippen LogP contribution in [0.3, 0.4) is 0 Å². The van der Waals surface area contributed by atoms with Crippen molar-refractivity contribution in [2.24, 2.45) is 0 Å². The van der Waals surface area contributed by atoms with Gasteiger partial charge in [0.1, 0.15) is 18.0 Å². The van der Waals surface area contributed by atoms with Gasteiger partial charge in [-0.3, -0.25) is 19.8 Å². The Bertz CT molecular complexity index is 1400. The molecule has 2 N–H and O–H groups in total. The van der Waals surface area contributed by atoms with Crippen LogP contribution < -0.4 is 19.7 Å². The highest BCUT2D eigenvalue weighted by Crippen LogP contribution is 2.30. The van der Waals surface area contributed by atoms with E-state index in [1.807, 2.05) is 0 Å². The van der Waals surface area contributed by atoms with Gasteiger partial charge in [-0.15, -0.1) is 0 Å². The molecule has 0 atom stereocenters. The Labute approximate surface area is 210 Å². The topological polar surface area (TPSA) is 105 Å². The monoisotopic (exact) mass is 506 g/mol. The number of hydrogen-bond acceptors (Lipinski definition) is 6. The SMILES string of the molecule is COc1cc(C=C2C(=O)NC(=S)N(c3cccc(C(=O)O)c3)C2=O)ccc1OCc1ccc(F)cc1. The molecule has 1 aliphatic rings. The molecule has 1 heterocycles. The third-order valence-corrected chi connectivity index (χ3v) is 5.54. The van der Waals surface area contributed by atoms with Crippen molar-refractivity contribution in [2.45, 2.75) is 6.61 Å². The number of carbonyl (C=O) groups excluding carboxylic acids is 2. The number of carboxylic acid groups (broad SMARTS) is 1. The Kier molecular flexibility index (Phi) is 7.07. The van der Waals surface area contributed by atoms with E-state index >= 15 is 0 Å². The second kappa shape index (κ2) is 10.4. The van der Waals surface area contributed by atoms with Crippen molar-refractivity contribution in [3.63, 3.8) is 0 Å². The quantitative estimate of drug-likeness (QED) is 0.284. The van der Waals surface area contributed by atoms with E-state index in [2.05, 4.69) is 5.32 Å². The predicted molar refractivity (Wildman–Crippen MR) is 133 cm³/mol. The average molecular weight is 507 g/mol. The summed E-state index contributed by atoms with van der Waals surface area (Å²) in [5, 5.41) is 11.6. The zero-order valence-corrected chi connectivity index (χ0v) is 19.7. The van der Waals surface area contributed by atoms with Crippen molar-refractivity contribution >= 4 is 46.9 Å². The molecular formula is C26H19FN2O6S. The number of aromatic carboxylic acids is 1. The lowest BCUT2D eigenvalue weighted by Gasteiger charge is -2.29. The van der Waals surface area contributed by atoms with Crippen LogP contribution in [-0.4, -0.2) is 35.1 Å². The largest absolute Gasteiger partial charge is 0.493 e. The van der Waals surface area contributed by atoms with E-state index in [4.69, 9.17) is 21.7 Å². The van der Waals surface area contributed by atoms with Crippen LogP contribution in [0.2, 0.25) is 0 Å². The number of rotatable bonds is 7. The lowest BCUT2D eigenvalue weighted by Crippen LogP contribution is -2.54. The molecule has 1 saturated heterocycles. The van der Waals surface area contributed by atoms with Gasteiger partial charge in [0.2, 0.25) is 0 Å². The van der Waals surface area contributed by atoms with Crippen LogP contribution >= 0.6 is 12.2 Å². The summed E-state index contributed by atoms with van der Waals surface area (Å²) in [5.41, 5.74) is 1.21. The molecule has 10 heteroatoms. The summed E-state index contributed by atoms with van der Waals surface area (Å²) in [6, 6.07) is 16.4. The van der Waals surface area contributed by atoms with Gasteiger partial charge in [-0.25, -0.2) is 9.18 Å². The van der Waals surface area contributed by atoms with Crippen molar-refractivity contribution in [1.29, 1.82) is 0 Å². The number of amides is 2. The highest BCUT2D eigenvalue weighted by atomic mass is 32.1. The van der Waals surface area contributed by atoms with Crippen LogP contribution in [0.4, 0.5) is 10.1 Å². The molecule has 0 aliphatic carbocycles. The van der Waals surface area contributed by atoms with Gasteiger partial charge in [0, 0.05) is 0 Å². The fraction of sp³-hybridized carbons (Fsp3) is 0.0769. The number of benzene rings is 3. The first-order valence-electron chi connectivity index (χ1n) is 10.6. The van der Waals surface area contributed by atoms with E-state index in [1.165, 1.54) is 49.6 Å². The molecule has 1 fully saturated rings. The summed E-state index contributed by atoms with van der Waals surface area (Å²) in [6.45, 7) is 0.180. The van der Waals surface area contributed by atoms with Crippen molar-refractivity contribution < 1.29 is 33.4 Å². The number of halogens is 1. The molecule has 3 aromatic carbocycles. The number of anilines is 1. The maximum Gasteiger partial charge on any atom is 0.335 e. The zero-order valence-electron chi connectivity index (χ0n) is 18.9. The summed E-state index contributed by atoms with van der Waals surface area (Å²) < 4.78 is 24.3. The van der Waals surface area contributed by atoms with E-state index in [9.17, 15) is 23.9 Å². The van der Waals surface area contributed by atoms with Gasteiger partial charge in [0.05, 0.1) is 18.4 Å². The van der Waals surface area contributed by atoms with Crippen molar-refractivity contribution in [1.82, 2.24) is 5.32 Å². The second-order valence-corrected chi connectivity index (χ2v) is 8.03. The van der Waals surface area contributed by atoms with E-state index in [0.29, 0.717) is 17.1 Å². The average Bonchev–Trinajstić information content (AvgIpc) is 2.86. The minimum atomic E-state index is -1.17. The molecule has 0 bridgehead atoms. The maximum absolute atomic E-state index is 13.2. The molecule has 182 valence electrons. The first-order chi connectivity index (χ1) is 17.3. The van der Waals surface area contributed by atoms with Crippen molar-refractivity contribution in [2.75, 3.05) is 12.0 Å². The molecule has 0 aromatic heterocycles. The van der Waals surface area contributed by atoms with Gasteiger partial charge in [-0.05, 0) is 71.9 Å². The fourth-order valence-electron chi connectivity index (χ4n) is 3.47. The predicted octanol–water partition coefficient (Wildman–Crippen LogP) is 3.94. The van der Waals surface area contributed by atoms with E-state index in [1.54, 1.807) is 30.3 Å². The minimum Gasteiger partial charge on any atom is -0.493 e. The lowest BCUT2D eigenvalue weighted by atomic mass is 10.1. The Hall–Kier alpha value is -4.57. The number of ether oxygens (including phenoxy) is 2. The number of thiocarbonyl (C=S) groups is 1. The van der Waals surface area contributed by atoms with Crippen LogP contribution in [-0.2, 0) is 16.2 Å². The van der Waals surface area contributed by atoms with Gasteiger partial charge >= 0.3 is 5.97 Å². The Morgan fingerprint density at radius 3 is 2.53 bits per heavy atom. The Morgan fingerprint density at radius 1 is 1.08 bits per heavy atom. The highest BCUT2D eigenvalue weighted by molar-refractivity contribution is 7.80.